The lowest BCUT2D eigenvalue weighted by molar-refractivity contribution is -0.121. The summed E-state index contributed by atoms with van der Waals surface area (Å²) >= 11 is 5.85. The maximum atomic E-state index is 12.5. The molecule has 0 saturated carbocycles. The first kappa shape index (κ1) is 16.0. The van der Waals surface area contributed by atoms with Crippen molar-refractivity contribution in [2.75, 3.05) is 5.32 Å². The first-order chi connectivity index (χ1) is 10.5. The summed E-state index contributed by atoms with van der Waals surface area (Å²) in [5, 5.41) is 6.00. The van der Waals surface area contributed by atoms with Gasteiger partial charge in [0.05, 0.1) is 0 Å². The molecule has 4 nitrogen and oxygen atoms in total. The quantitative estimate of drug-likeness (QED) is 0.831. The van der Waals surface area contributed by atoms with Crippen molar-refractivity contribution in [2.24, 2.45) is 0 Å². The maximum absolute atomic E-state index is 12.5. The Morgan fingerprint density at radius 2 is 1.68 bits per heavy atom. The lowest BCUT2D eigenvalue weighted by atomic mass is 10.0. The van der Waals surface area contributed by atoms with Crippen molar-refractivity contribution in [3.05, 3.63) is 64.2 Å². The molecule has 0 aliphatic heterocycles. The standard InChI is InChI=1S/C17H17ClN2O2/c1-11-4-3-5-12(2)15(11)20-17(22)16(19-10-21)13-6-8-14(18)9-7-13/h3-10,16H,1-2H3,(H,19,21)(H,20,22)/t16-/m1/s1. The molecule has 0 spiro atoms. The fourth-order valence-corrected chi connectivity index (χ4v) is 2.38. The first-order valence-electron chi connectivity index (χ1n) is 6.85. The number of para-hydroxylation sites is 1. The molecule has 0 aromatic heterocycles. The smallest absolute Gasteiger partial charge is 0.251 e. The molecule has 2 rings (SSSR count). The summed E-state index contributed by atoms with van der Waals surface area (Å²) in [6.07, 6.45) is 0.517. The maximum Gasteiger partial charge on any atom is 0.251 e. The van der Waals surface area contributed by atoms with E-state index in [-0.39, 0.29) is 5.91 Å². The first-order valence-corrected chi connectivity index (χ1v) is 7.23. The molecule has 22 heavy (non-hydrogen) atoms. The molecular weight excluding hydrogens is 300 g/mol. The zero-order valence-corrected chi connectivity index (χ0v) is 13.1. The molecule has 0 bridgehead atoms. The Kier molecular flexibility index (Phi) is 5.17. The number of amides is 2. The average molecular weight is 317 g/mol. The summed E-state index contributed by atoms with van der Waals surface area (Å²) < 4.78 is 0. The molecule has 114 valence electrons. The fourth-order valence-electron chi connectivity index (χ4n) is 2.25. The van der Waals surface area contributed by atoms with E-state index in [0.717, 1.165) is 16.8 Å². The second kappa shape index (κ2) is 7.09. The van der Waals surface area contributed by atoms with Gasteiger partial charge in [-0.3, -0.25) is 9.59 Å². The molecule has 2 aromatic rings. The van der Waals surface area contributed by atoms with E-state index in [1.807, 2.05) is 32.0 Å². The minimum atomic E-state index is -0.770. The van der Waals surface area contributed by atoms with Crippen LogP contribution in [-0.2, 0) is 9.59 Å². The van der Waals surface area contributed by atoms with Gasteiger partial charge in [0.2, 0.25) is 6.41 Å². The van der Waals surface area contributed by atoms with Crippen LogP contribution in [0.15, 0.2) is 42.5 Å². The average Bonchev–Trinajstić information content (AvgIpc) is 2.49. The van der Waals surface area contributed by atoms with Gasteiger partial charge in [-0.05, 0) is 42.7 Å². The number of aryl methyl sites for hydroxylation is 2. The van der Waals surface area contributed by atoms with Crippen LogP contribution >= 0.6 is 11.6 Å². The SMILES string of the molecule is Cc1cccc(C)c1NC(=O)[C@H](NC=O)c1ccc(Cl)cc1. The highest BCUT2D eigenvalue weighted by molar-refractivity contribution is 6.30. The van der Waals surface area contributed by atoms with E-state index in [0.29, 0.717) is 17.0 Å². The Hall–Kier alpha value is -2.33. The molecule has 1 atom stereocenters. The topological polar surface area (TPSA) is 58.2 Å². The lowest BCUT2D eigenvalue weighted by Gasteiger charge is -2.18. The van der Waals surface area contributed by atoms with Crippen molar-refractivity contribution >= 4 is 29.6 Å². The third kappa shape index (κ3) is 3.65. The zero-order chi connectivity index (χ0) is 16.1. The number of hydrogen-bond donors (Lipinski definition) is 2. The number of anilines is 1. The molecule has 0 fully saturated rings. The molecule has 5 heteroatoms. The van der Waals surface area contributed by atoms with Gasteiger partial charge >= 0.3 is 0 Å². The summed E-state index contributed by atoms with van der Waals surface area (Å²) in [7, 11) is 0. The Balaban J connectivity index is 2.27. The summed E-state index contributed by atoms with van der Waals surface area (Å²) in [6.45, 7) is 3.85. The van der Waals surface area contributed by atoms with Gasteiger partial charge in [0.25, 0.3) is 5.91 Å². The van der Waals surface area contributed by atoms with Gasteiger partial charge in [-0.25, -0.2) is 0 Å². The second-order valence-corrected chi connectivity index (χ2v) is 5.46. The molecule has 2 N–H and O–H groups in total. The van der Waals surface area contributed by atoms with E-state index in [1.165, 1.54) is 0 Å². The van der Waals surface area contributed by atoms with Gasteiger partial charge in [-0.2, -0.15) is 0 Å². The second-order valence-electron chi connectivity index (χ2n) is 5.03. The molecule has 0 aliphatic rings. The van der Waals surface area contributed by atoms with Crippen molar-refractivity contribution in [3.63, 3.8) is 0 Å². The van der Waals surface area contributed by atoms with Gasteiger partial charge in [0.1, 0.15) is 6.04 Å². The summed E-state index contributed by atoms with van der Waals surface area (Å²) in [4.78, 5) is 23.4. The normalized spacial score (nSPS) is 11.6. The predicted molar refractivity (Wildman–Crippen MR) is 87.9 cm³/mol. The highest BCUT2D eigenvalue weighted by Gasteiger charge is 2.21. The number of nitrogens with one attached hydrogen (secondary N) is 2. The van der Waals surface area contributed by atoms with Crippen LogP contribution in [0.25, 0.3) is 0 Å². The van der Waals surface area contributed by atoms with E-state index in [9.17, 15) is 9.59 Å². The van der Waals surface area contributed by atoms with Crippen LogP contribution in [0.3, 0.4) is 0 Å². The monoisotopic (exact) mass is 316 g/mol. The van der Waals surface area contributed by atoms with Crippen LogP contribution in [0.5, 0.6) is 0 Å². The Morgan fingerprint density at radius 1 is 1.09 bits per heavy atom. The third-order valence-corrected chi connectivity index (χ3v) is 3.68. The lowest BCUT2D eigenvalue weighted by Crippen LogP contribution is -2.32. The molecule has 0 heterocycles. The molecule has 2 amide bonds. The van der Waals surface area contributed by atoms with Crippen molar-refractivity contribution in [2.45, 2.75) is 19.9 Å². The highest BCUT2D eigenvalue weighted by Crippen LogP contribution is 2.22. The Bertz CT molecular complexity index is 663. The predicted octanol–water partition coefficient (Wildman–Crippen LogP) is 3.38. The molecule has 0 radical (unpaired) electrons. The van der Waals surface area contributed by atoms with Crippen LogP contribution in [0.4, 0.5) is 5.69 Å². The number of hydrogen-bond acceptors (Lipinski definition) is 2. The Morgan fingerprint density at radius 3 is 2.23 bits per heavy atom. The summed E-state index contributed by atoms with van der Waals surface area (Å²) in [6, 6.07) is 11.8. The highest BCUT2D eigenvalue weighted by atomic mass is 35.5. The van der Waals surface area contributed by atoms with Gasteiger partial charge in [0.15, 0.2) is 0 Å². The van der Waals surface area contributed by atoms with E-state index < -0.39 is 6.04 Å². The largest absolute Gasteiger partial charge is 0.343 e. The van der Waals surface area contributed by atoms with Crippen LogP contribution in [0.2, 0.25) is 5.02 Å². The fraction of sp³-hybridized carbons (Fsp3) is 0.176. The molecule has 0 aliphatic carbocycles. The van der Waals surface area contributed by atoms with Crippen molar-refractivity contribution in [1.29, 1.82) is 0 Å². The van der Waals surface area contributed by atoms with Crippen LogP contribution in [-0.4, -0.2) is 12.3 Å². The number of carbonyl (C=O) groups excluding carboxylic acids is 2. The summed E-state index contributed by atoms with van der Waals surface area (Å²) in [5.74, 6) is -0.299. The minimum Gasteiger partial charge on any atom is -0.343 e. The number of rotatable bonds is 5. The van der Waals surface area contributed by atoms with Gasteiger partial charge in [-0.15, -0.1) is 0 Å². The van der Waals surface area contributed by atoms with Crippen molar-refractivity contribution in [3.8, 4) is 0 Å². The zero-order valence-electron chi connectivity index (χ0n) is 12.4. The van der Waals surface area contributed by atoms with Crippen LogP contribution in [0, 0.1) is 13.8 Å². The van der Waals surface area contributed by atoms with Gasteiger partial charge in [0, 0.05) is 10.7 Å². The van der Waals surface area contributed by atoms with Crippen molar-refractivity contribution in [1.82, 2.24) is 5.32 Å². The van der Waals surface area contributed by atoms with E-state index in [1.54, 1.807) is 24.3 Å². The van der Waals surface area contributed by atoms with E-state index in [2.05, 4.69) is 10.6 Å². The third-order valence-electron chi connectivity index (χ3n) is 3.43. The number of benzene rings is 2. The van der Waals surface area contributed by atoms with Crippen molar-refractivity contribution < 1.29 is 9.59 Å². The molecule has 2 aromatic carbocycles. The minimum absolute atomic E-state index is 0.299. The number of halogens is 1. The molecule has 0 unspecified atom stereocenters. The number of carbonyl (C=O) groups is 2. The molecular formula is C17H17ClN2O2. The van der Waals surface area contributed by atoms with Crippen LogP contribution < -0.4 is 10.6 Å². The molecule has 0 saturated heterocycles. The Labute approximate surface area is 134 Å². The van der Waals surface area contributed by atoms with Crippen LogP contribution in [0.1, 0.15) is 22.7 Å². The van der Waals surface area contributed by atoms with E-state index in [4.69, 9.17) is 11.6 Å². The summed E-state index contributed by atoms with van der Waals surface area (Å²) in [5.41, 5.74) is 3.36. The van der Waals surface area contributed by atoms with E-state index >= 15 is 0 Å². The van der Waals surface area contributed by atoms with Gasteiger partial charge < -0.3 is 10.6 Å². The van der Waals surface area contributed by atoms with Gasteiger partial charge in [-0.1, -0.05) is 41.9 Å².